The van der Waals surface area contributed by atoms with Gasteiger partial charge >= 0.3 is 0 Å². The summed E-state index contributed by atoms with van der Waals surface area (Å²) in [4.78, 5) is 7.36. The molecule has 0 radical (unpaired) electrons. The first-order valence-corrected chi connectivity index (χ1v) is 16.3. The van der Waals surface area contributed by atoms with Crippen molar-refractivity contribution in [2.75, 3.05) is 4.90 Å². The number of fused-ring (bicyclic) bond motifs is 8. The Bertz CT molecular complexity index is 2570. The topological polar surface area (TPSA) is 49.8 Å². The van der Waals surface area contributed by atoms with Crippen molar-refractivity contribution in [1.29, 1.82) is 5.26 Å². The molecule has 0 spiro atoms. The second kappa shape index (κ2) is 11.9. The van der Waals surface area contributed by atoms with Crippen molar-refractivity contribution in [3.63, 3.8) is 0 Å². The molecule has 4 aromatic carbocycles. The molecule has 0 N–H and O–H groups in total. The summed E-state index contributed by atoms with van der Waals surface area (Å²) in [6.45, 7) is 12.4. The zero-order valence-electron chi connectivity index (χ0n) is 27.4. The van der Waals surface area contributed by atoms with Crippen molar-refractivity contribution < 1.29 is 0 Å². The van der Waals surface area contributed by atoms with Crippen LogP contribution in [0.1, 0.15) is 23.7 Å². The van der Waals surface area contributed by atoms with E-state index in [0.29, 0.717) is 5.56 Å². The standard InChI is InChI=1S/C44H33N5/c1-5-14-31(7-3)47-39-20-12-9-17-34(39)43-36-26-30(27-45)22-24-41(36)48(44(43)35-18-10-13-21-40(35)47)32-23-25-42(46-28-32)49-37(15-6-2)29(4)33-16-8-11-19-38(33)49/h5-26,28H,1,3H2,2,4H3/b15-6-,31-14+. The molecule has 0 saturated carbocycles. The van der Waals surface area contributed by atoms with E-state index >= 15 is 0 Å². The van der Waals surface area contributed by atoms with Crippen LogP contribution in [0.5, 0.6) is 0 Å². The Balaban J connectivity index is 1.44. The van der Waals surface area contributed by atoms with Gasteiger partial charge in [-0.1, -0.05) is 79.9 Å². The summed E-state index contributed by atoms with van der Waals surface area (Å²) in [6.07, 6.45) is 11.8. The van der Waals surface area contributed by atoms with Crippen LogP contribution in [0.25, 0.3) is 61.8 Å². The third-order valence-electron chi connectivity index (χ3n) is 9.38. The molecule has 0 amide bonds. The van der Waals surface area contributed by atoms with Gasteiger partial charge in [0.25, 0.3) is 0 Å². The Morgan fingerprint density at radius 1 is 0.796 bits per heavy atom. The van der Waals surface area contributed by atoms with Gasteiger partial charge < -0.3 is 9.47 Å². The van der Waals surface area contributed by atoms with Crippen LogP contribution < -0.4 is 4.90 Å². The number of allylic oxidation sites excluding steroid dienone is 4. The minimum absolute atomic E-state index is 0.609. The highest BCUT2D eigenvalue weighted by Crippen LogP contribution is 2.53. The summed E-state index contributed by atoms with van der Waals surface area (Å²) in [7, 11) is 0. The van der Waals surface area contributed by atoms with Gasteiger partial charge in [-0.25, -0.2) is 4.98 Å². The lowest BCUT2D eigenvalue weighted by molar-refractivity contribution is 1.01. The van der Waals surface area contributed by atoms with E-state index in [4.69, 9.17) is 4.98 Å². The quantitative estimate of drug-likeness (QED) is 0.172. The highest BCUT2D eigenvalue weighted by Gasteiger charge is 2.31. The third kappa shape index (κ3) is 4.50. The largest absolute Gasteiger partial charge is 0.309 e. The van der Waals surface area contributed by atoms with Gasteiger partial charge in [-0.15, -0.1) is 0 Å². The van der Waals surface area contributed by atoms with Gasteiger partial charge in [0.15, 0.2) is 0 Å². The van der Waals surface area contributed by atoms with Crippen LogP contribution in [0.2, 0.25) is 0 Å². The zero-order chi connectivity index (χ0) is 33.6. The molecule has 0 fully saturated rings. The molecule has 7 aromatic rings. The minimum Gasteiger partial charge on any atom is -0.309 e. The van der Waals surface area contributed by atoms with E-state index in [1.807, 2.05) is 37.4 Å². The number of nitriles is 1. The van der Waals surface area contributed by atoms with Gasteiger partial charge in [-0.05, 0) is 86.2 Å². The molecule has 234 valence electrons. The predicted molar refractivity (Wildman–Crippen MR) is 204 cm³/mol. The Hall–Kier alpha value is -6.64. The number of pyridine rings is 1. The van der Waals surface area contributed by atoms with E-state index in [-0.39, 0.29) is 0 Å². The van der Waals surface area contributed by atoms with Crippen molar-refractivity contribution in [1.82, 2.24) is 14.1 Å². The lowest BCUT2D eigenvalue weighted by atomic mass is 9.97. The van der Waals surface area contributed by atoms with E-state index in [1.165, 1.54) is 10.9 Å². The summed E-state index contributed by atoms with van der Waals surface area (Å²) < 4.78 is 4.52. The van der Waals surface area contributed by atoms with Gasteiger partial charge in [-0.2, -0.15) is 5.26 Å². The summed E-state index contributed by atoms with van der Waals surface area (Å²) in [5.41, 5.74) is 13.1. The van der Waals surface area contributed by atoms with Gasteiger partial charge in [0.1, 0.15) is 5.82 Å². The molecule has 5 heteroatoms. The molecular formula is C44H33N5. The molecule has 8 rings (SSSR count). The van der Waals surface area contributed by atoms with Crippen LogP contribution in [0.3, 0.4) is 0 Å². The second-order valence-corrected chi connectivity index (χ2v) is 12.0. The number of hydrogen-bond donors (Lipinski definition) is 0. The predicted octanol–water partition coefficient (Wildman–Crippen LogP) is 11.2. The number of para-hydroxylation sites is 3. The van der Waals surface area contributed by atoms with Crippen molar-refractivity contribution in [2.45, 2.75) is 13.8 Å². The maximum atomic E-state index is 10.0. The molecule has 3 aromatic heterocycles. The first-order valence-electron chi connectivity index (χ1n) is 16.3. The lowest BCUT2D eigenvalue weighted by Gasteiger charge is -2.28. The molecular weight excluding hydrogens is 599 g/mol. The monoisotopic (exact) mass is 631 g/mol. The zero-order valence-corrected chi connectivity index (χ0v) is 27.4. The highest BCUT2D eigenvalue weighted by atomic mass is 15.2. The molecule has 0 atom stereocenters. The van der Waals surface area contributed by atoms with E-state index in [1.54, 1.807) is 6.08 Å². The van der Waals surface area contributed by atoms with Crippen molar-refractivity contribution in [2.24, 2.45) is 0 Å². The molecule has 4 heterocycles. The SMILES string of the molecule is C=C/C=C(\C=C)N1c2ccccc2-c2c(n(-c3ccc(-n4c(/C=C\C)c(C)c5ccccc54)nc3)c3ccc(C#N)cc23)-c2ccccc21. The minimum atomic E-state index is 0.609. The van der Waals surface area contributed by atoms with E-state index in [9.17, 15) is 5.26 Å². The molecule has 0 saturated heterocycles. The average molecular weight is 632 g/mol. The number of rotatable bonds is 6. The average Bonchev–Trinajstić information content (AvgIpc) is 3.58. The molecule has 1 aliphatic heterocycles. The molecule has 1 aliphatic rings. The molecule has 5 nitrogen and oxygen atoms in total. The molecule has 0 bridgehead atoms. The number of hydrogen-bond acceptors (Lipinski definition) is 3. The summed E-state index contributed by atoms with van der Waals surface area (Å²) in [5.74, 6) is 0.845. The van der Waals surface area contributed by atoms with Gasteiger partial charge in [-0.3, -0.25) is 4.57 Å². The fourth-order valence-electron chi connectivity index (χ4n) is 7.34. The first-order chi connectivity index (χ1) is 24.1. The van der Waals surface area contributed by atoms with Gasteiger partial charge in [0, 0.05) is 33.2 Å². The Morgan fingerprint density at radius 2 is 1.51 bits per heavy atom. The molecule has 0 unspecified atom stereocenters. The van der Waals surface area contributed by atoms with Crippen LogP contribution in [0.4, 0.5) is 11.4 Å². The van der Waals surface area contributed by atoms with Crippen molar-refractivity contribution in [3.05, 3.63) is 169 Å². The second-order valence-electron chi connectivity index (χ2n) is 12.0. The maximum Gasteiger partial charge on any atom is 0.137 e. The summed E-state index contributed by atoms with van der Waals surface area (Å²) in [5, 5.41) is 12.2. The van der Waals surface area contributed by atoms with Crippen molar-refractivity contribution >= 4 is 39.3 Å². The number of nitrogens with zero attached hydrogens (tertiary/aromatic N) is 5. The fraction of sp³-hybridized carbons (Fsp3) is 0.0455. The maximum absolute atomic E-state index is 10.0. The van der Waals surface area contributed by atoms with Crippen LogP contribution in [0.15, 0.2) is 152 Å². The van der Waals surface area contributed by atoms with Crippen LogP contribution >= 0.6 is 0 Å². The molecule has 0 aliphatic carbocycles. The van der Waals surface area contributed by atoms with E-state index in [0.717, 1.165) is 73.1 Å². The smallest absolute Gasteiger partial charge is 0.137 e. The van der Waals surface area contributed by atoms with Crippen LogP contribution in [-0.2, 0) is 0 Å². The lowest BCUT2D eigenvalue weighted by Crippen LogP contribution is -2.16. The Morgan fingerprint density at radius 3 is 2.22 bits per heavy atom. The molecule has 49 heavy (non-hydrogen) atoms. The fourth-order valence-corrected chi connectivity index (χ4v) is 7.34. The number of aryl methyl sites for hydroxylation is 1. The van der Waals surface area contributed by atoms with E-state index in [2.05, 4.69) is 143 Å². The summed E-state index contributed by atoms with van der Waals surface area (Å²) in [6, 6.07) is 37.9. The number of aromatic nitrogens is 3. The normalized spacial score (nSPS) is 12.4. The Kier molecular flexibility index (Phi) is 7.20. The Labute approximate surface area is 285 Å². The van der Waals surface area contributed by atoms with Crippen LogP contribution in [-0.4, -0.2) is 14.1 Å². The first kappa shape index (κ1) is 29.7. The van der Waals surface area contributed by atoms with Gasteiger partial charge in [0.2, 0.25) is 0 Å². The van der Waals surface area contributed by atoms with E-state index < -0.39 is 0 Å². The summed E-state index contributed by atoms with van der Waals surface area (Å²) >= 11 is 0. The number of benzene rings is 4. The number of anilines is 2. The van der Waals surface area contributed by atoms with Crippen LogP contribution in [0, 0.1) is 18.3 Å². The third-order valence-corrected chi connectivity index (χ3v) is 9.38. The highest BCUT2D eigenvalue weighted by molar-refractivity contribution is 6.12. The van der Waals surface area contributed by atoms with Crippen molar-refractivity contribution in [3.8, 4) is 40.0 Å². The van der Waals surface area contributed by atoms with Gasteiger partial charge in [0.05, 0.1) is 57.3 Å².